The highest BCUT2D eigenvalue weighted by atomic mass is 19.4. The largest absolute Gasteiger partial charge is 0.418 e. The summed E-state index contributed by atoms with van der Waals surface area (Å²) in [5.41, 5.74) is 5.40. The minimum Gasteiger partial charge on any atom is -0.378 e. The van der Waals surface area contributed by atoms with E-state index in [2.05, 4.69) is 5.32 Å². The zero-order chi connectivity index (χ0) is 13.6. The molecule has 0 radical (unpaired) electrons. The summed E-state index contributed by atoms with van der Waals surface area (Å²) in [5.74, 6) is 0.274. The van der Waals surface area contributed by atoms with Gasteiger partial charge in [-0.25, -0.2) is 0 Å². The molecule has 1 aliphatic carbocycles. The summed E-state index contributed by atoms with van der Waals surface area (Å²) < 4.78 is 44.2. The number of fused-ring (bicyclic) bond motifs is 1. The fourth-order valence-electron chi connectivity index (χ4n) is 2.96. The molecule has 0 spiro atoms. The predicted octanol–water partition coefficient (Wildman–Crippen LogP) is 2.23. The van der Waals surface area contributed by atoms with Gasteiger partial charge in [-0.05, 0) is 18.6 Å². The van der Waals surface area contributed by atoms with E-state index in [1.54, 1.807) is 6.07 Å². The van der Waals surface area contributed by atoms with Gasteiger partial charge in [-0.3, -0.25) is 0 Å². The number of nitrogens with two attached hydrogens (primary N) is 1. The van der Waals surface area contributed by atoms with Crippen LogP contribution in [0.5, 0.6) is 0 Å². The molecule has 1 saturated heterocycles. The zero-order valence-corrected chi connectivity index (χ0v) is 10.2. The number of ether oxygens (including phenoxy) is 1. The third-order valence-electron chi connectivity index (χ3n) is 4.00. The topological polar surface area (TPSA) is 47.3 Å². The maximum absolute atomic E-state index is 12.9. The number of nitrogens with one attached hydrogen (secondary N) is 1. The van der Waals surface area contributed by atoms with Crippen molar-refractivity contribution in [3.63, 3.8) is 0 Å². The maximum atomic E-state index is 12.9. The van der Waals surface area contributed by atoms with Crippen LogP contribution in [0.2, 0.25) is 0 Å². The minimum absolute atomic E-state index is 0.0590. The van der Waals surface area contributed by atoms with E-state index in [0.717, 1.165) is 12.5 Å². The molecule has 2 fully saturated rings. The highest BCUT2D eigenvalue weighted by Gasteiger charge is 2.52. The lowest BCUT2D eigenvalue weighted by atomic mass is 9.72. The molecule has 1 saturated carbocycles. The number of halogens is 3. The molecular weight excluding hydrogens is 257 g/mol. The van der Waals surface area contributed by atoms with Crippen LogP contribution in [0.25, 0.3) is 0 Å². The van der Waals surface area contributed by atoms with Gasteiger partial charge in [0.1, 0.15) is 0 Å². The van der Waals surface area contributed by atoms with Gasteiger partial charge >= 0.3 is 6.18 Å². The number of benzene rings is 1. The van der Waals surface area contributed by atoms with Gasteiger partial charge in [0.25, 0.3) is 0 Å². The Hall–Kier alpha value is -1.27. The summed E-state index contributed by atoms with van der Waals surface area (Å²) in [6.45, 7) is 0.641. The molecule has 0 amide bonds. The summed E-state index contributed by atoms with van der Waals surface area (Å²) in [7, 11) is 0. The molecule has 0 aromatic heterocycles. The van der Waals surface area contributed by atoms with Gasteiger partial charge in [0.05, 0.1) is 17.7 Å². The lowest BCUT2D eigenvalue weighted by Crippen LogP contribution is -2.65. The lowest BCUT2D eigenvalue weighted by molar-refractivity contribution is -0.137. The van der Waals surface area contributed by atoms with E-state index >= 15 is 0 Å². The van der Waals surface area contributed by atoms with Crippen molar-refractivity contribution in [2.24, 2.45) is 11.7 Å². The minimum atomic E-state index is -4.37. The quantitative estimate of drug-likeness (QED) is 0.868. The summed E-state index contributed by atoms with van der Waals surface area (Å²) in [5, 5.41) is 2.90. The Kier molecular flexibility index (Phi) is 2.94. The second kappa shape index (κ2) is 4.38. The van der Waals surface area contributed by atoms with Crippen LogP contribution in [0.4, 0.5) is 18.9 Å². The van der Waals surface area contributed by atoms with Crippen molar-refractivity contribution in [1.82, 2.24) is 0 Å². The van der Waals surface area contributed by atoms with Crippen LogP contribution >= 0.6 is 0 Å². The van der Waals surface area contributed by atoms with E-state index in [9.17, 15) is 13.2 Å². The standard InChI is InChI=1S/C13H15F3N2O/c14-13(15,16)8-3-1-2-4-9(8)18-11-10(17)7-5-6-19-12(7)11/h1-4,7,10-12,18H,5-6,17H2. The molecule has 6 heteroatoms. The van der Waals surface area contributed by atoms with Crippen LogP contribution in [-0.4, -0.2) is 24.8 Å². The van der Waals surface area contributed by atoms with Crippen molar-refractivity contribution in [2.45, 2.75) is 30.8 Å². The number of hydrogen-bond donors (Lipinski definition) is 2. The third-order valence-corrected chi connectivity index (χ3v) is 4.00. The molecule has 1 aromatic carbocycles. The Bertz CT molecular complexity index is 477. The second-order valence-corrected chi connectivity index (χ2v) is 5.08. The molecule has 3 N–H and O–H groups in total. The van der Waals surface area contributed by atoms with Crippen LogP contribution < -0.4 is 11.1 Å². The van der Waals surface area contributed by atoms with Crippen LogP contribution in [-0.2, 0) is 10.9 Å². The highest BCUT2D eigenvalue weighted by molar-refractivity contribution is 5.54. The molecule has 1 heterocycles. The smallest absolute Gasteiger partial charge is 0.378 e. The summed E-state index contributed by atoms with van der Waals surface area (Å²) in [6, 6.07) is 5.07. The van der Waals surface area contributed by atoms with Gasteiger partial charge in [0.2, 0.25) is 0 Å². The number of anilines is 1. The molecule has 19 heavy (non-hydrogen) atoms. The van der Waals surface area contributed by atoms with Crippen molar-refractivity contribution in [1.29, 1.82) is 0 Å². The fourth-order valence-corrected chi connectivity index (χ4v) is 2.96. The lowest BCUT2D eigenvalue weighted by Gasteiger charge is -2.46. The number of alkyl halides is 3. The van der Waals surface area contributed by atoms with E-state index in [0.29, 0.717) is 6.61 Å². The Morgan fingerprint density at radius 3 is 2.74 bits per heavy atom. The predicted molar refractivity (Wildman–Crippen MR) is 64.7 cm³/mol. The first-order valence-electron chi connectivity index (χ1n) is 6.28. The summed E-state index contributed by atoms with van der Waals surface area (Å²) in [4.78, 5) is 0. The molecule has 1 aromatic rings. The van der Waals surface area contributed by atoms with Crippen LogP contribution in [0.1, 0.15) is 12.0 Å². The average Bonchev–Trinajstić information content (AvgIpc) is 2.80. The summed E-state index contributed by atoms with van der Waals surface area (Å²) in [6.07, 6.45) is -3.53. The first-order valence-corrected chi connectivity index (χ1v) is 6.28. The van der Waals surface area contributed by atoms with Crippen molar-refractivity contribution in [3.8, 4) is 0 Å². The first-order chi connectivity index (χ1) is 8.98. The van der Waals surface area contributed by atoms with E-state index < -0.39 is 11.7 Å². The van der Waals surface area contributed by atoms with Crippen molar-refractivity contribution >= 4 is 5.69 Å². The second-order valence-electron chi connectivity index (χ2n) is 5.08. The Labute approximate surface area is 108 Å². The van der Waals surface area contributed by atoms with Gasteiger partial charge < -0.3 is 15.8 Å². The normalized spacial score (nSPS) is 33.7. The SMILES string of the molecule is NC1C2CCOC2C1Nc1ccccc1C(F)(F)F. The Balaban J connectivity index is 1.81. The van der Waals surface area contributed by atoms with Gasteiger partial charge in [-0.2, -0.15) is 13.2 Å². The molecule has 0 bridgehead atoms. The maximum Gasteiger partial charge on any atom is 0.418 e. The van der Waals surface area contributed by atoms with Gasteiger partial charge in [0, 0.05) is 24.3 Å². The van der Waals surface area contributed by atoms with E-state index in [-0.39, 0.29) is 29.8 Å². The Morgan fingerprint density at radius 1 is 1.26 bits per heavy atom. The van der Waals surface area contributed by atoms with Crippen molar-refractivity contribution in [2.75, 3.05) is 11.9 Å². The van der Waals surface area contributed by atoms with E-state index in [1.165, 1.54) is 12.1 Å². The zero-order valence-electron chi connectivity index (χ0n) is 10.2. The summed E-state index contributed by atoms with van der Waals surface area (Å²) >= 11 is 0. The fraction of sp³-hybridized carbons (Fsp3) is 0.538. The van der Waals surface area contributed by atoms with Gasteiger partial charge in [0.15, 0.2) is 0 Å². The molecule has 1 aliphatic heterocycles. The number of hydrogen-bond acceptors (Lipinski definition) is 3. The first kappa shape index (κ1) is 12.7. The van der Waals surface area contributed by atoms with Crippen LogP contribution in [0.3, 0.4) is 0 Å². The molecule has 4 unspecified atom stereocenters. The van der Waals surface area contributed by atoms with Crippen LogP contribution in [0, 0.1) is 5.92 Å². The number of para-hydroxylation sites is 1. The van der Waals surface area contributed by atoms with E-state index in [4.69, 9.17) is 10.5 Å². The van der Waals surface area contributed by atoms with E-state index in [1.807, 2.05) is 0 Å². The molecule has 3 nitrogen and oxygen atoms in total. The molecular formula is C13H15F3N2O. The highest BCUT2D eigenvalue weighted by Crippen LogP contribution is 2.41. The van der Waals surface area contributed by atoms with Crippen LogP contribution in [0.15, 0.2) is 24.3 Å². The van der Waals surface area contributed by atoms with Gasteiger partial charge in [-0.15, -0.1) is 0 Å². The molecule has 4 atom stereocenters. The molecule has 3 rings (SSSR count). The average molecular weight is 272 g/mol. The third kappa shape index (κ3) is 2.08. The molecule has 104 valence electrons. The Morgan fingerprint density at radius 2 is 2.00 bits per heavy atom. The van der Waals surface area contributed by atoms with Crippen molar-refractivity contribution in [3.05, 3.63) is 29.8 Å². The number of rotatable bonds is 2. The monoisotopic (exact) mass is 272 g/mol. The van der Waals surface area contributed by atoms with Gasteiger partial charge in [-0.1, -0.05) is 12.1 Å². The van der Waals surface area contributed by atoms with Crippen molar-refractivity contribution < 1.29 is 17.9 Å². The molecule has 2 aliphatic rings.